The lowest BCUT2D eigenvalue weighted by atomic mass is 9.66. The SMILES string of the molecule is CN1CC2CCC1([C@@H](NC(=O)c1cccc(Cl)c1Cl)c1ccccc1)CC2.O=C(O)CC(O)(CC(=O)O)C(=O)O. The van der Waals surface area contributed by atoms with Crippen LogP contribution in [0, 0.1) is 5.92 Å². The van der Waals surface area contributed by atoms with Gasteiger partial charge >= 0.3 is 17.9 Å². The predicted octanol–water partition coefficient (Wildman–Crippen LogP) is 4.09. The fourth-order valence-corrected chi connectivity index (χ4v) is 5.98. The Kier molecular flexibility index (Phi) is 10.2. The lowest BCUT2D eigenvalue weighted by molar-refractivity contribution is -0.170. The van der Waals surface area contributed by atoms with Gasteiger partial charge in [-0.25, -0.2) is 4.79 Å². The van der Waals surface area contributed by atoms with Crippen molar-refractivity contribution in [1.29, 1.82) is 0 Å². The summed E-state index contributed by atoms with van der Waals surface area (Å²) in [6.07, 6.45) is 2.35. The summed E-state index contributed by atoms with van der Waals surface area (Å²) in [5, 5.41) is 37.8. The van der Waals surface area contributed by atoms with Crippen molar-refractivity contribution in [2.24, 2.45) is 5.92 Å². The van der Waals surface area contributed by atoms with Gasteiger partial charge in [-0.05, 0) is 56.3 Å². The molecule has 1 atom stereocenters. The number of nitrogens with one attached hydrogen (secondary N) is 1. The maximum Gasteiger partial charge on any atom is 0.336 e. The molecule has 3 fully saturated rings. The molecule has 10 nitrogen and oxygen atoms in total. The molecule has 0 spiro atoms. The maximum atomic E-state index is 13.1. The number of rotatable bonds is 9. The number of halogens is 2. The third kappa shape index (κ3) is 7.11. The van der Waals surface area contributed by atoms with Crippen LogP contribution in [-0.2, 0) is 14.4 Å². The van der Waals surface area contributed by atoms with Crippen LogP contribution in [0.2, 0.25) is 10.0 Å². The predicted molar refractivity (Wildman–Crippen MR) is 148 cm³/mol. The number of fused-ring (bicyclic) bond motifs is 3. The fourth-order valence-electron chi connectivity index (χ4n) is 5.60. The Bertz CT molecular complexity index is 1230. The number of benzene rings is 2. The highest BCUT2D eigenvalue weighted by atomic mass is 35.5. The average molecular weight is 595 g/mol. The van der Waals surface area contributed by atoms with Crippen LogP contribution in [0.15, 0.2) is 48.5 Å². The summed E-state index contributed by atoms with van der Waals surface area (Å²) < 4.78 is 0. The van der Waals surface area contributed by atoms with Crippen molar-refractivity contribution < 1.29 is 39.6 Å². The van der Waals surface area contributed by atoms with E-state index >= 15 is 0 Å². The van der Waals surface area contributed by atoms with Crippen LogP contribution < -0.4 is 5.32 Å². The van der Waals surface area contributed by atoms with Crippen LogP contribution in [0.5, 0.6) is 0 Å². The Morgan fingerprint density at radius 3 is 2.05 bits per heavy atom. The van der Waals surface area contributed by atoms with E-state index in [-0.39, 0.29) is 17.5 Å². The van der Waals surface area contributed by atoms with E-state index in [2.05, 4.69) is 29.4 Å². The number of hydrogen-bond donors (Lipinski definition) is 5. The monoisotopic (exact) mass is 594 g/mol. The molecule has 40 heavy (non-hydrogen) atoms. The van der Waals surface area contributed by atoms with E-state index in [9.17, 15) is 19.2 Å². The summed E-state index contributed by atoms with van der Waals surface area (Å²) in [5.74, 6) is -4.41. The summed E-state index contributed by atoms with van der Waals surface area (Å²) in [5.41, 5.74) is -1.24. The molecule has 216 valence electrons. The number of nitrogens with zero attached hydrogens (tertiary/aromatic N) is 1. The van der Waals surface area contributed by atoms with Gasteiger partial charge in [-0.15, -0.1) is 0 Å². The molecular weight excluding hydrogens is 563 g/mol. The first-order valence-electron chi connectivity index (χ1n) is 12.7. The molecule has 2 saturated heterocycles. The highest BCUT2D eigenvalue weighted by Crippen LogP contribution is 2.49. The van der Waals surface area contributed by atoms with Crippen LogP contribution in [0.1, 0.15) is 60.5 Å². The van der Waals surface area contributed by atoms with Gasteiger partial charge in [-0.1, -0.05) is 59.6 Å². The van der Waals surface area contributed by atoms with Crippen molar-refractivity contribution >= 4 is 47.0 Å². The number of aliphatic carboxylic acids is 3. The number of amides is 1. The lowest BCUT2D eigenvalue weighted by Crippen LogP contribution is -2.62. The second-order valence-electron chi connectivity index (χ2n) is 10.3. The molecule has 2 bridgehead atoms. The van der Waals surface area contributed by atoms with Gasteiger partial charge in [0.15, 0.2) is 5.60 Å². The molecule has 5 rings (SSSR count). The first-order valence-corrected chi connectivity index (χ1v) is 13.4. The second kappa shape index (κ2) is 13.0. The minimum Gasteiger partial charge on any atom is -0.481 e. The molecule has 3 aliphatic rings. The summed E-state index contributed by atoms with van der Waals surface area (Å²) in [6.45, 7) is 1.09. The molecule has 2 aliphatic heterocycles. The lowest BCUT2D eigenvalue weighted by Gasteiger charge is -2.57. The highest BCUT2D eigenvalue weighted by molar-refractivity contribution is 6.43. The van der Waals surface area contributed by atoms with Gasteiger partial charge in [-0.2, -0.15) is 0 Å². The summed E-state index contributed by atoms with van der Waals surface area (Å²) in [6, 6.07) is 15.4. The van der Waals surface area contributed by atoms with Crippen LogP contribution in [0.4, 0.5) is 0 Å². The summed E-state index contributed by atoms with van der Waals surface area (Å²) >= 11 is 12.4. The van der Waals surface area contributed by atoms with Crippen molar-refractivity contribution in [2.75, 3.05) is 13.6 Å². The van der Waals surface area contributed by atoms with E-state index in [1.54, 1.807) is 18.2 Å². The van der Waals surface area contributed by atoms with Gasteiger partial charge in [0.2, 0.25) is 0 Å². The van der Waals surface area contributed by atoms with Crippen molar-refractivity contribution in [1.82, 2.24) is 10.2 Å². The first kappa shape index (κ1) is 31.3. The number of hydrogen-bond acceptors (Lipinski definition) is 6. The third-order valence-corrected chi connectivity index (χ3v) is 8.51. The Labute approximate surface area is 241 Å². The van der Waals surface area contributed by atoms with E-state index in [1.807, 2.05) is 18.2 Å². The van der Waals surface area contributed by atoms with E-state index in [0.717, 1.165) is 30.9 Å². The van der Waals surface area contributed by atoms with Crippen molar-refractivity contribution in [3.8, 4) is 0 Å². The first-order chi connectivity index (χ1) is 18.8. The molecule has 1 aliphatic carbocycles. The van der Waals surface area contributed by atoms with Crippen LogP contribution in [0.25, 0.3) is 0 Å². The van der Waals surface area contributed by atoms with Gasteiger partial charge in [0.05, 0.1) is 34.5 Å². The van der Waals surface area contributed by atoms with Crippen LogP contribution in [0.3, 0.4) is 0 Å². The number of carboxylic acids is 3. The number of aliphatic hydroxyl groups is 1. The zero-order chi connectivity index (χ0) is 29.7. The van der Waals surface area contributed by atoms with E-state index in [4.69, 9.17) is 43.6 Å². The number of carbonyl (C=O) groups excluding carboxylic acids is 1. The molecule has 2 aromatic rings. The second-order valence-corrected chi connectivity index (χ2v) is 11.1. The Balaban J connectivity index is 0.000000289. The summed E-state index contributed by atoms with van der Waals surface area (Å²) in [7, 11) is 2.19. The molecule has 5 N–H and O–H groups in total. The molecule has 0 radical (unpaired) electrons. The van der Waals surface area contributed by atoms with Gasteiger partial charge in [-0.3, -0.25) is 19.3 Å². The molecule has 12 heteroatoms. The molecule has 2 heterocycles. The van der Waals surface area contributed by atoms with Gasteiger partial charge in [0.1, 0.15) is 0 Å². The maximum absolute atomic E-state index is 13.1. The van der Waals surface area contributed by atoms with Gasteiger partial charge in [0, 0.05) is 12.1 Å². The summed E-state index contributed by atoms with van der Waals surface area (Å²) in [4.78, 5) is 46.1. The fraction of sp³-hybridized carbons (Fsp3) is 0.429. The smallest absolute Gasteiger partial charge is 0.336 e. The topological polar surface area (TPSA) is 164 Å². The molecule has 1 saturated carbocycles. The van der Waals surface area contributed by atoms with Crippen LogP contribution in [-0.4, -0.2) is 73.9 Å². The molecule has 1 amide bonds. The average Bonchev–Trinajstić information content (AvgIpc) is 2.89. The Hall–Kier alpha value is -3.18. The standard InChI is InChI=1S/C22H24Cl2N2O.C6H8O7/c1-26-14-15-10-12-22(26,13-11-15)20(16-6-3-2-4-7-16)25-21(27)17-8-5-9-18(23)19(17)24;7-3(8)1-6(13,5(11)12)2-4(9)10/h2-9,15,20H,10-14H2,1H3,(H,25,27);13H,1-2H2,(H,7,8)(H,9,10)(H,11,12)/t15?,20-,22?;/m0./s1. The van der Waals surface area contributed by atoms with E-state index in [0.29, 0.717) is 15.6 Å². The Morgan fingerprint density at radius 2 is 1.55 bits per heavy atom. The minimum absolute atomic E-state index is 0.0587. The van der Waals surface area contributed by atoms with Gasteiger partial charge < -0.3 is 25.7 Å². The number of carboxylic acid groups (broad SMARTS) is 3. The number of piperidine rings is 2. The molecule has 2 aromatic carbocycles. The highest BCUT2D eigenvalue weighted by Gasteiger charge is 2.50. The quantitative estimate of drug-likeness (QED) is 0.287. The third-order valence-electron chi connectivity index (χ3n) is 7.69. The number of likely N-dealkylation sites (N-methyl/N-ethyl adjacent to an activating group) is 1. The molecule has 0 unspecified atom stereocenters. The van der Waals surface area contributed by atoms with E-state index in [1.165, 1.54) is 12.8 Å². The zero-order valence-corrected chi connectivity index (χ0v) is 23.4. The minimum atomic E-state index is -2.74. The zero-order valence-electron chi connectivity index (χ0n) is 21.8. The molecule has 0 aromatic heterocycles. The van der Waals surface area contributed by atoms with E-state index < -0.39 is 36.4 Å². The van der Waals surface area contributed by atoms with Gasteiger partial charge in [0.25, 0.3) is 5.91 Å². The normalized spacial score (nSPS) is 21.1. The van der Waals surface area contributed by atoms with Crippen molar-refractivity contribution in [2.45, 2.75) is 55.7 Å². The largest absolute Gasteiger partial charge is 0.481 e. The van der Waals surface area contributed by atoms with Crippen molar-refractivity contribution in [3.63, 3.8) is 0 Å². The molecular formula is C28H32Cl2N2O8. The Morgan fingerprint density at radius 1 is 0.975 bits per heavy atom. The van der Waals surface area contributed by atoms with Crippen LogP contribution >= 0.6 is 23.2 Å². The number of carbonyl (C=O) groups is 4. The van der Waals surface area contributed by atoms with Crippen molar-refractivity contribution in [3.05, 3.63) is 69.7 Å².